The second-order valence-electron chi connectivity index (χ2n) is 4.84. The van der Waals surface area contributed by atoms with E-state index in [1.165, 1.54) is 0 Å². The number of aromatic nitrogens is 2. The highest BCUT2D eigenvalue weighted by Crippen LogP contribution is 2.13. The summed E-state index contributed by atoms with van der Waals surface area (Å²) in [7, 11) is 3.51. The molecule has 0 saturated carbocycles. The normalized spacial score (nSPS) is 13.7. The van der Waals surface area contributed by atoms with Gasteiger partial charge in [0.2, 0.25) is 5.91 Å². The van der Waals surface area contributed by atoms with E-state index in [2.05, 4.69) is 15.7 Å². The molecule has 21 heavy (non-hydrogen) atoms. The molecular weight excluding hydrogens is 268 g/mol. The molecule has 1 heterocycles. The minimum atomic E-state index is -0.721. The van der Waals surface area contributed by atoms with E-state index in [-0.39, 0.29) is 12.5 Å². The topological polar surface area (TPSA) is 79.2 Å². The quantitative estimate of drug-likeness (QED) is 0.724. The zero-order valence-electron chi connectivity index (χ0n) is 12.2. The Balaban J connectivity index is 1.94. The maximum absolute atomic E-state index is 12.2. The highest BCUT2D eigenvalue weighted by Gasteiger charge is 2.20. The zero-order valence-corrected chi connectivity index (χ0v) is 12.2. The fraction of sp³-hybridized carbons (Fsp3) is 0.333. The number of likely N-dealkylation sites (N-methyl/N-ethyl adjacent to an activating group) is 1. The summed E-state index contributed by atoms with van der Waals surface area (Å²) < 4.78 is 1.64. The fourth-order valence-corrected chi connectivity index (χ4v) is 2.13. The minimum absolute atomic E-state index is 0.168. The molecule has 0 aliphatic carbocycles. The SMILES string of the molecule is CNC(C(=O)NCC(O)c1ccccc1)c1cnn(C)c1. The molecule has 3 N–H and O–H groups in total. The van der Waals surface area contributed by atoms with Crippen LogP contribution in [0.5, 0.6) is 0 Å². The van der Waals surface area contributed by atoms with Crippen molar-refractivity contribution < 1.29 is 9.90 Å². The molecule has 2 rings (SSSR count). The third-order valence-electron chi connectivity index (χ3n) is 3.26. The lowest BCUT2D eigenvalue weighted by atomic mass is 10.1. The summed E-state index contributed by atoms with van der Waals surface area (Å²) >= 11 is 0. The first kappa shape index (κ1) is 15.2. The average Bonchev–Trinajstić information content (AvgIpc) is 2.92. The van der Waals surface area contributed by atoms with Crippen LogP contribution in [0.2, 0.25) is 0 Å². The molecule has 0 aliphatic heterocycles. The van der Waals surface area contributed by atoms with E-state index in [1.807, 2.05) is 30.3 Å². The number of hydrogen-bond donors (Lipinski definition) is 3. The van der Waals surface area contributed by atoms with Gasteiger partial charge in [0.05, 0.1) is 12.3 Å². The monoisotopic (exact) mass is 288 g/mol. The van der Waals surface area contributed by atoms with Crippen LogP contribution in [0.15, 0.2) is 42.7 Å². The molecule has 0 aliphatic rings. The Hall–Kier alpha value is -2.18. The van der Waals surface area contributed by atoms with Crippen LogP contribution in [0, 0.1) is 0 Å². The number of nitrogens with one attached hydrogen (secondary N) is 2. The molecule has 6 heteroatoms. The maximum atomic E-state index is 12.2. The average molecular weight is 288 g/mol. The summed E-state index contributed by atoms with van der Waals surface area (Å²) in [6.45, 7) is 0.168. The number of aliphatic hydroxyl groups excluding tert-OH is 1. The van der Waals surface area contributed by atoms with Crippen molar-refractivity contribution in [3.05, 3.63) is 53.9 Å². The van der Waals surface area contributed by atoms with Gasteiger partial charge in [-0.1, -0.05) is 30.3 Å². The number of aliphatic hydroxyl groups is 1. The number of amides is 1. The van der Waals surface area contributed by atoms with Gasteiger partial charge in [0.1, 0.15) is 6.04 Å². The lowest BCUT2D eigenvalue weighted by molar-refractivity contribution is -0.123. The van der Waals surface area contributed by atoms with E-state index in [0.717, 1.165) is 11.1 Å². The molecule has 0 saturated heterocycles. The van der Waals surface area contributed by atoms with Crippen molar-refractivity contribution in [3.63, 3.8) is 0 Å². The van der Waals surface area contributed by atoms with Gasteiger partial charge in [-0.3, -0.25) is 9.48 Å². The van der Waals surface area contributed by atoms with E-state index in [4.69, 9.17) is 0 Å². The number of nitrogens with zero attached hydrogens (tertiary/aromatic N) is 2. The largest absolute Gasteiger partial charge is 0.387 e. The number of hydrogen-bond acceptors (Lipinski definition) is 4. The predicted molar refractivity (Wildman–Crippen MR) is 79.4 cm³/mol. The van der Waals surface area contributed by atoms with Gasteiger partial charge in [-0.05, 0) is 12.6 Å². The van der Waals surface area contributed by atoms with Crippen LogP contribution >= 0.6 is 0 Å². The van der Waals surface area contributed by atoms with Crippen LogP contribution < -0.4 is 10.6 Å². The summed E-state index contributed by atoms with van der Waals surface area (Å²) in [6.07, 6.45) is 2.71. The summed E-state index contributed by atoms with van der Waals surface area (Å²) in [6, 6.07) is 8.76. The molecule has 1 aromatic heterocycles. The lowest BCUT2D eigenvalue weighted by Crippen LogP contribution is -2.37. The van der Waals surface area contributed by atoms with E-state index in [9.17, 15) is 9.90 Å². The highest BCUT2D eigenvalue weighted by atomic mass is 16.3. The second kappa shape index (κ2) is 7.01. The molecule has 6 nitrogen and oxygen atoms in total. The van der Waals surface area contributed by atoms with E-state index in [0.29, 0.717) is 0 Å². The van der Waals surface area contributed by atoms with E-state index >= 15 is 0 Å². The Kier molecular flexibility index (Phi) is 5.08. The van der Waals surface area contributed by atoms with Crippen molar-refractivity contribution in [1.29, 1.82) is 0 Å². The molecule has 2 unspecified atom stereocenters. The first-order valence-electron chi connectivity index (χ1n) is 6.78. The molecule has 0 radical (unpaired) electrons. The molecule has 0 spiro atoms. The van der Waals surface area contributed by atoms with Gasteiger partial charge in [0, 0.05) is 25.4 Å². The number of benzene rings is 1. The highest BCUT2D eigenvalue weighted by molar-refractivity contribution is 5.83. The van der Waals surface area contributed by atoms with Crippen molar-refractivity contribution >= 4 is 5.91 Å². The first-order chi connectivity index (χ1) is 10.1. The van der Waals surface area contributed by atoms with Crippen molar-refractivity contribution in [2.24, 2.45) is 7.05 Å². The van der Waals surface area contributed by atoms with Gasteiger partial charge in [0.15, 0.2) is 0 Å². The molecule has 2 aromatic rings. The Labute approximate surface area is 123 Å². The van der Waals surface area contributed by atoms with Gasteiger partial charge >= 0.3 is 0 Å². The molecular formula is C15H20N4O2. The number of rotatable bonds is 6. The smallest absolute Gasteiger partial charge is 0.241 e. The third-order valence-corrected chi connectivity index (χ3v) is 3.26. The zero-order chi connectivity index (χ0) is 15.2. The lowest BCUT2D eigenvalue weighted by Gasteiger charge is -2.17. The van der Waals surface area contributed by atoms with Crippen molar-refractivity contribution in [2.45, 2.75) is 12.1 Å². The molecule has 1 amide bonds. The second-order valence-corrected chi connectivity index (χ2v) is 4.84. The Bertz CT molecular complexity index is 582. The van der Waals surface area contributed by atoms with Crippen LogP contribution in [0.1, 0.15) is 23.3 Å². The van der Waals surface area contributed by atoms with Crippen LogP contribution in [-0.2, 0) is 11.8 Å². The predicted octanol–water partition coefficient (Wildman–Crippen LogP) is 0.530. The van der Waals surface area contributed by atoms with Crippen molar-refractivity contribution in [3.8, 4) is 0 Å². The Morgan fingerprint density at radius 1 is 1.33 bits per heavy atom. The standard InChI is InChI=1S/C15H20N4O2/c1-16-14(12-8-18-19(2)10-12)15(21)17-9-13(20)11-6-4-3-5-7-11/h3-8,10,13-14,16,20H,9H2,1-2H3,(H,17,21). The fourth-order valence-electron chi connectivity index (χ4n) is 2.13. The van der Waals surface area contributed by atoms with E-state index in [1.54, 1.807) is 31.2 Å². The van der Waals surface area contributed by atoms with Crippen LogP contribution in [0.25, 0.3) is 0 Å². The number of carbonyl (C=O) groups excluding carboxylic acids is 1. The van der Waals surface area contributed by atoms with E-state index < -0.39 is 12.1 Å². The maximum Gasteiger partial charge on any atom is 0.241 e. The van der Waals surface area contributed by atoms with Crippen LogP contribution in [-0.4, -0.2) is 34.4 Å². The van der Waals surface area contributed by atoms with Gasteiger partial charge in [0.25, 0.3) is 0 Å². The van der Waals surface area contributed by atoms with Gasteiger partial charge in [-0.2, -0.15) is 5.10 Å². The van der Waals surface area contributed by atoms with Gasteiger partial charge in [-0.25, -0.2) is 0 Å². The van der Waals surface area contributed by atoms with Gasteiger partial charge < -0.3 is 15.7 Å². The summed E-state index contributed by atoms with van der Waals surface area (Å²) in [5, 5.41) is 19.8. The summed E-state index contributed by atoms with van der Waals surface area (Å²) in [5.74, 6) is -0.194. The summed E-state index contributed by atoms with van der Waals surface area (Å²) in [4.78, 5) is 12.2. The Morgan fingerprint density at radius 2 is 2.05 bits per heavy atom. The van der Waals surface area contributed by atoms with Gasteiger partial charge in [-0.15, -0.1) is 0 Å². The third kappa shape index (κ3) is 3.90. The van der Waals surface area contributed by atoms with Crippen LogP contribution in [0.4, 0.5) is 0 Å². The summed E-state index contributed by atoms with van der Waals surface area (Å²) in [5.41, 5.74) is 1.56. The minimum Gasteiger partial charge on any atom is -0.387 e. The first-order valence-corrected chi connectivity index (χ1v) is 6.78. The number of carbonyl (C=O) groups is 1. The molecule has 112 valence electrons. The molecule has 1 aromatic carbocycles. The molecule has 2 atom stereocenters. The number of aryl methyl sites for hydroxylation is 1. The molecule has 0 fully saturated rings. The van der Waals surface area contributed by atoms with Crippen LogP contribution in [0.3, 0.4) is 0 Å². The van der Waals surface area contributed by atoms with Crippen molar-refractivity contribution in [1.82, 2.24) is 20.4 Å². The Morgan fingerprint density at radius 3 is 2.62 bits per heavy atom. The molecule has 0 bridgehead atoms. The van der Waals surface area contributed by atoms with Crippen molar-refractivity contribution in [2.75, 3.05) is 13.6 Å².